The number of aliphatic hydroxyl groups excluding tert-OH is 1. The molecular formula is C33H45N3O4. The zero-order valence-electron chi connectivity index (χ0n) is 24.0. The molecule has 1 saturated carbocycles. The fourth-order valence-electron chi connectivity index (χ4n) is 6.06. The summed E-state index contributed by atoms with van der Waals surface area (Å²) in [4.78, 5) is 40.3. The Hall–Kier alpha value is -3.19. The van der Waals surface area contributed by atoms with Crippen molar-refractivity contribution in [3.63, 3.8) is 0 Å². The van der Waals surface area contributed by atoms with Crippen molar-refractivity contribution in [2.75, 3.05) is 18.0 Å². The lowest BCUT2D eigenvalue weighted by Gasteiger charge is -2.27. The minimum Gasteiger partial charge on any atom is -0.391 e. The lowest BCUT2D eigenvalue weighted by molar-refractivity contribution is -0.125. The van der Waals surface area contributed by atoms with E-state index >= 15 is 0 Å². The maximum atomic E-state index is 13.5. The number of hydrogen-bond acceptors (Lipinski definition) is 4. The SMILES string of the molecule is Cc1cc(C(=O)N[C@@H](Cc2ccccc2)C(O)CC(C)C(=O)NCCC2CCCCC2)cc(N2CCCC2=O)c1. The Balaban J connectivity index is 1.40. The van der Waals surface area contributed by atoms with Gasteiger partial charge in [0.2, 0.25) is 11.8 Å². The van der Waals surface area contributed by atoms with Gasteiger partial charge >= 0.3 is 0 Å². The van der Waals surface area contributed by atoms with Crippen molar-refractivity contribution in [1.29, 1.82) is 0 Å². The highest BCUT2D eigenvalue weighted by Gasteiger charge is 2.28. The van der Waals surface area contributed by atoms with Crippen molar-refractivity contribution in [3.05, 3.63) is 65.2 Å². The molecule has 2 unspecified atom stereocenters. The Labute approximate surface area is 238 Å². The molecule has 0 bridgehead atoms. The van der Waals surface area contributed by atoms with Gasteiger partial charge in [-0.15, -0.1) is 0 Å². The molecule has 2 aliphatic rings. The predicted molar refractivity (Wildman–Crippen MR) is 158 cm³/mol. The van der Waals surface area contributed by atoms with Crippen LogP contribution in [0.15, 0.2) is 48.5 Å². The second-order valence-electron chi connectivity index (χ2n) is 11.8. The first-order chi connectivity index (χ1) is 19.3. The largest absolute Gasteiger partial charge is 0.391 e. The van der Waals surface area contributed by atoms with E-state index in [0.29, 0.717) is 37.4 Å². The van der Waals surface area contributed by atoms with Crippen LogP contribution in [0.4, 0.5) is 5.69 Å². The van der Waals surface area contributed by atoms with Crippen molar-refractivity contribution in [2.45, 2.75) is 90.2 Å². The third kappa shape index (κ3) is 8.40. The topological polar surface area (TPSA) is 98.7 Å². The van der Waals surface area contributed by atoms with Gasteiger partial charge in [-0.05, 0) is 67.9 Å². The molecular weight excluding hydrogens is 502 g/mol. The number of amides is 3. The summed E-state index contributed by atoms with van der Waals surface area (Å²) < 4.78 is 0. The van der Waals surface area contributed by atoms with Gasteiger partial charge in [-0.2, -0.15) is 0 Å². The average molecular weight is 548 g/mol. The summed E-state index contributed by atoms with van der Waals surface area (Å²) in [5.74, 6) is 0.0224. The van der Waals surface area contributed by atoms with Gasteiger partial charge in [0.15, 0.2) is 0 Å². The standard InChI is InChI=1S/C33H45N3O4/c1-23-18-27(22-28(19-23)36-17-9-14-31(36)38)33(40)35-29(21-26-12-7-4-8-13-26)30(37)20-24(2)32(39)34-16-15-25-10-5-3-6-11-25/h4,7-8,12-13,18-19,22,24-25,29-30,37H,3,5-6,9-11,14-17,20-21H2,1-2H3,(H,34,39)(H,35,40)/t24?,29-,30?/m0/s1. The van der Waals surface area contributed by atoms with Crippen LogP contribution in [0.3, 0.4) is 0 Å². The van der Waals surface area contributed by atoms with Gasteiger partial charge in [0.1, 0.15) is 0 Å². The lowest BCUT2D eigenvalue weighted by Crippen LogP contribution is -2.46. The molecule has 0 aromatic heterocycles. The number of rotatable bonds is 12. The van der Waals surface area contributed by atoms with Gasteiger partial charge in [0, 0.05) is 36.7 Å². The Morgan fingerprint density at radius 2 is 1.80 bits per heavy atom. The number of carbonyl (C=O) groups is 3. The Kier molecular flexibility index (Phi) is 10.8. The van der Waals surface area contributed by atoms with E-state index in [-0.39, 0.29) is 30.1 Å². The summed E-state index contributed by atoms with van der Waals surface area (Å²) in [6.07, 6.45) is 8.51. The third-order valence-corrected chi connectivity index (χ3v) is 8.41. The van der Waals surface area contributed by atoms with E-state index < -0.39 is 12.1 Å². The monoisotopic (exact) mass is 547 g/mol. The zero-order chi connectivity index (χ0) is 28.5. The smallest absolute Gasteiger partial charge is 0.251 e. The summed E-state index contributed by atoms with van der Waals surface area (Å²) in [7, 11) is 0. The van der Waals surface area contributed by atoms with Crippen LogP contribution in [0.1, 0.15) is 86.2 Å². The van der Waals surface area contributed by atoms with Gasteiger partial charge < -0.3 is 20.6 Å². The van der Waals surface area contributed by atoms with Gasteiger partial charge in [-0.1, -0.05) is 69.4 Å². The molecule has 3 atom stereocenters. The molecule has 4 rings (SSSR count). The minimum absolute atomic E-state index is 0.0572. The number of nitrogens with zero attached hydrogens (tertiary/aromatic N) is 1. The number of aliphatic hydroxyl groups is 1. The van der Waals surface area contributed by atoms with Crippen LogP contribution in [-0.4, -0.2) is 48.1 Å². The van der Waals surface area contributed by atoms with Crippen molar-refractivity contribution < 1.29 is 19.5 Å². The van der Waals surface area contributed by atoms with Crippen LogP contribution in [0.2, 0.25) is 0 Å². The molecule has 2 aromatic carbocycles. The van der Waals surface area contributed by atoms with Crippen LogP contribution >= 0.6 is 0 Å². The van der Waals surface area contributed by atoms with Crippen molar-refractivity contribution >= 4 is 23.4 Å². The second-order valence-corrected chi connectivity index (χ2v) is 11.8. The average Bonchev–Trinajstić information content (AvgIpc) is 3.39. The number of benzene rings is 2. The number of hydrogen-bond donors (Lipinski definition) is 3. The van der Waals surface area contributed by atoms with Gasteiger partial charge in [-0.3, -0.25) is 14.4 Å². The number of anilines is 1. The molecule has 0 radical (unpaired) electrons. The summed E-state index contributed by atoms with van der Waals surface area (Å²) in [5.41, 5.74) is 3.06. The van der Waals surface area contributed by atoms with Crippen LogP contribution in [0.5, 0.6) is 0 Å². The van der Waals surface area contributed by atoms with Crippen molar-refractivity contribution in [3.8, 4) is 0 Å². The molecule has 1 aliphatic carbocycles. The minimum atomic E-state index is -0.910. The second kappa shape index (κ2) is 14.4. The Morgan fingerprint density at radius 3 is 2.50 bits per heavy atom. The van der Waals surface area contributed by atoms with Gasteiger partial charge in [-0.25, -0.2) is 0 Å². The number of aryl methyl sites for hydroxylation is 1. The lowest BCUT2D eigenvalue weighted by atomic mass is 9.87. The highest BCUT2D eigenvalue weighted by atomic mass is 16.3. The molecule has 216 valence electrons. The normalized spacial score (nSPS) is 18.3. The van der Waals surface area contributed by atoms with E-state index in [1.807, 2.05) is 50.2 Å². The first-order valence-corrected chi connectivity index (χ1v) is 15.0. The van der Waals surface area contributed by atoms with E-state index in [4.69, 9.17) is 0 Å². The molecule has 2 fully saturated rings. The summed E-state index contributed by atoms with van der Waals surface area (Å²) in [5, 5.41) is 17.4. The molecule has 7 nitrogen and oxygen atoms in total. The van der Waals surface area contributed by atoms with E-state index in [0.717, 1.165) is 29.7 Å². The maximum Gasteiger partial charge on any atom is 0.251 e. The predicted octanol–water partition coefficient (Wildman–Crippen LogP) is 4.94. The summed E-state index contributed by atoms with van der Waals surface area (Å²) >= 11 is 0. The molecule has 0 spiro atoms. The Morgan fingerprint density at radius 1 is 1.05 bits per heavy atom. The third-order valence-electron chi connectivity index (χ3n) is 8.41. The number of carbonyl (C=O) groups excluding carboxylic acids is 3. The highest BCUT2D eigenvalue weighted by Crippen LogP contribution is 2.26. The van der Waals surface area contributed by atoms with E-state index in [1.165, 1.54) is 32.1 Å². The molecule has 1 aliphatic heterocycles. The molecule has 3 N–H and O–H groups in total. The summed E-state index contributed by atoms with van der Waals surface area (Å²) in [6, 6.07) is 14.6. The first kappa shape index (κ1) is 29.8. The molecule has 40 heavy (non-hydrogen) atoms. The maximum absolute atomic E-state index is 13.5. The van der Waals surface area contributed by atoms with E-state index in [1.54, 1.807) is 17.0 Å². The van der Waals surface area contributed by atoms with Crippen LogP contribution in [0, 0.1) is 18.8 Å². The first-order valence-electron chi connectivity index (χ1n) is 15.0. The molecule has 2 aromatic rings. The fourth-order valence-corrected chi connectivity index (χ4v) is 6.06. The molecule has 1 heterocycles. The van der Waals surface area contributed by atoms with Crippen molar-refractivity contribution in [2.24, 2.45) is 11.8 Å². The van der Waals surface area contributed by atoms with Gasteiger partial charge in [0.05, 0.1) is 12.1 Å². The van der Waals surface area contributed by atoms with Crippen LogP contribution in [0.25, 0.3) is 0 Å². The van der Waals surface area contributed by atoms with E-state index in [2.05, 4.69) is 10.6 Å². The van der Waals surface area contributed by atoms with Gasteiger partial charge in [0.25, 0.3) is 5.91 Å². The number of nitrogens with one attached hydrogen (secondary N) is 2. The molecule has 3 amide bonds. The summed E-state index contributed by atoms with van der Waals surface area (Å²) in [6.45, 7) is 5.06. The fraction of sp³-hybridized carbons (Fsp3) is 0.545. The van der Waals surface area contributed by atoms with Crippen LogP contribution in [-0.2, 0) is 16.0 Å². The molecule has 1 saturated heterocycles. The van der Waals surface area contributed by atoms with E-state index in [9.17, 15) is 19.5 Å². The molecule has 7 heteroatoms. The quantitative estimate of drug-likeness (QED) is 0.351. The zero-order valence-corrected chi connectivity index (χ0v) is 24.0. The Bertz CT molecular complexity index is 1150. The van der Waals surface area contributed by atoms with Crippen molar-refractivity contribution in [1.82, 2.24) is 10.6 Å². The highest BCUT2D eigenvalue weighted by molar-refractivity contribution is 5.99. The van der Waals surface area contributed by atoms with Crippen LogP contribution < -0.4 is 15.5 Å².